The monoisotopic (exact) mass is 338 g/mol. The van der Waals surface area contributed by atoms with Gasteiger partial charge in [0, 0.05) is 37.2 Å². The lowest BCUT2D eigenvalue weighted by atomic mass is 10.3. The van der Waals surface area contributed by atoms with E-state index in [-0.39, 0.29) is 49.3 Å². The molecule has 1 aromatic rings. The Morgan fingerprint density at radius 1 is 1.17 bits per heavy atom. The normalized spacial score (nSPS) is 14.4. The molecule has 7 heteroatoms. The highest BCUT2D eigenvalue weighted by atomic mass is 32.2. The van der Waals surface area contributed by atoms with E-state index < -0.39 is 0 Å². The van der Waals surface area contributed by atoms with E-state index in [1.165, 1.54) is 12.1 Å². The van der Waals surface area contributed by atoms with Crippen LogP contribution >= 0.6 is 11.8 Å². The van der Waals surface area contributed by atoms with Crippen molar-refractivity contribution in [1.29, 1.82) is 0 Å². The van der Waals surface area contributed by atoms with Crippen LogP contribution in [-0.4, -0.2) is 41.5 Å². The van der Waals surface area contributed by atoms with Crippen LogP contribution in [0.4, 0.5) is 4.39 Å². The first-order valence-electron chi connectivity index (χ1n) is 7.54. The summed E-state index contributed by atoms with van der Waals surface area (Å²) in [6, 6.07) is 6.29. The van der Waals surface area contributed by atoms with Crippen LogP contribution in [0.2, 0.25) is 0 Å². The van der Waals surface area contributed by atoms with Crippen LogP contribution in [0.3, 0.4) is 0 Å². The summed E-state index contributed by atoms with van der Waals surface area (Å²) >= 11 is 1.60. The summed E-state index contributed by atoms with van der Waals surface area (Å²) in [5.74, 6) is 0.00695. The number of hydrogen-bond acceptors (Lipinski definition) is 4. The van der Waals surface area contributed by atoms with E-state index in [0.717, 1.165) is 22.0 Å². The van der Waals surface area contributed by atoms with Gasteiger partial charge in [-0.1, -0.05) is 0 Å². The molecule has 5 nitrogen and oxygen atoms in total. The predicted octanol–water partition coefficient (Wildman–Crippen LogP) is 1.96. The average molecular weight is 338 g/mol. The van der Waals surface area contributed by atoms with Crippen LogP contribution in [0, 0.1) is 5.82 Å². The van der Waals surface area contributed by atoms with Crippen molar-refractivity contribution in [3.05, 3.63) is 30.1 Å². The Morgan fingerprint density at radius 2 is 1.83 bits per heavy atom. The molecule has 0 radical (unpaired) electrons. The Hall–Kier alpha value is -1.89. The largest absolute Gasteiger partial charge is 0.356 e. The van der Waals surface area contributed by atoms with Gasteiger partial charge in [0.2, 0.25) is 17.7 Å². The Kier molecular flexibility index (Phi) is 6.58. The molecule has 0 saturated carbocycles. The molecule has 0 aromatic heterocycles. The average Bonchev–Trinajstić information content (AvgIpc) is 2.85. The molecular weight excluding hydrogens is 319 g/mol. The summed E-state index contributed by atoms with van der Waals surface area (Å²) < 4.78 is 12.7. The first-order chi connectivity index (χ1) is 11.1. The van der Waals surface area contributed by atoms with E-state index in [2.05, 4.69) is 5.32 Å². The number of nitrogens with zero attached hydrogens (tertiary/aromatic N) is 1. The Balaban J connectivity index is 1.55. The molecule has 0 unspecified atom stereocenters. The van der Waals surface area contributed by atoms with Crippen LogP contribution in [0.1, 0.15) is 25.7 Å². The lowest BCUT2D eigenvalue weighted by molar-refractivity contribution is -0.138. The van der Waals surface area contributed by atoms with Gasteiger partial charge in [-0.15, -0.1) is 11.8 Å². The van der Waals surface area contributed by atoms with Crippen molar-refractivity contribution in [2.45, 2.75) is 30.6 Å². The Morgan fingerprint density at radius 3 is 2.48 bits per heavy atom. The molecule has 1 heterocycles. The molecule has 1 fully saturated rings. The van der Waals surface area contributed by atoms with Gasteiger partial charge in [-0.2, -0.15) is 0 Å². The number of carbonyl (C=O) groups excluding carboxylic acids is 3. The number of imide groups is 1. The van der Waals surface area contributed by atoms with Gasteiger partial charge in [0.25, 0.3) is 0 Å². The third-order valence-corrected chi connectivity index (χ3v) is 4.54. The van der Waals surface area contributed by atoms with Crippen molar-refractivity contribution in [3.8, 4) is 0 Å². The summed E-state index contributed by atoms with van der Waals surface area (Å²) in [6.45, 7) is 0.697. The SMILES string of the molecule is O=C(CCN1C(=O)CCC1=O)NCCCSc1ccc(F)cc1. The number of carbonyl (C=O) groups is 3. The second-order valence-corrected chi connectivity index (χ2v) is 6.36. The van der Waals surface area contributed by atoms with E-state index >= 15 is 0 Å². The highest BCUT2D eigenvalue weighted by Gasteiger charge is 2.28. The highest BCUT2D eigenvalue weighted by Crippen LogP contribution is 2.18. The maximum Gasteiger partial charge on any atom is 0.229 e. The van der Waals surface area contributed by atoms with Crippen molar-refractivity contribution >= 4 is 29.5 Å². The molecule has 3 amide bonds. The fourth-order valence-corrected chi connectivity index (χ4v) is 3.05. The molecule has 0 spiro atoms. The molecule has 1 saturated heterocycles. The van der Waals surface area contributed by atoms with Gasteiger partial charge in [-0.05, 0) is 36.4 Å². The summed E-state index contributed by atoms with van der Waals surface area (Å²) in [6.07, 6.45) is 1.43. The zero-order chi connectivity index (χ0) is 16.7. The van der Waals surface area contributed by atoms with E-state index in [1.807, 2.05) is 0 Å². The lowest BCUT2D eigenvalue weighted by Crippen LogP contribution is -2.34. The minimum absolute atomic E-state index is 0.141. The summed E-state index contributed by atoms with van der Waals surface area (Å²) in [5.41, 5.74) is 0. The summed E-state index contributed by atoms with van der Waals surface area (Å²) in [4.78, 5) is 36.6. The molecule has 1 aliphatic heterocycles. The van der Waals surface area contributed by atoms with Crippen molar-refractivity contribution in [2.24, 2.45) is 0 Å². The highest BCUT2D eigenvalue weighted by molar-refractivity contribution is 7.99. The van der Waals surface area contributed by atoms with Crippen LogP contribution in [0.5, 0.6) is 0 Å². The van der Waals surface area contributed by atoms with Gasteiger partial charge >= 0.3 is 0 Å². The second kappa shape index (κ2) is 8.67. The number of amides is 3. The molecule has 0 atom stereocenters. The predicted molar refractivity (Wildman–Crippen MR) is 85.3 cm³/mol. The molecule has 23 heavy (non-hydrogen) atoms. The fraction of sp³-hybridized carbons (Fsp3) is 0.438. The van der Waals surface area contributed by atoms with Gasteiger partial charge in [0.05, 0.1) is 0 Å². The van der Waals surface area contributed by atoms with E-state index in [9.17, 15) is 18.8 Å². The molecule has 1 N–H and O–H groups in total. The van der Waals surface area contributed by atoms with Crippen LogP contribution in [0.25, 0.3) is 0 Å². The van der Waals surface area contributed by atoms with Gasteiger partial charge in [-0.3, -0.25) is 19.3 Å². The second-order valence-electron chi connectivity index (χ2n) is 5.20. The molecule has 2 rings (SSSR count). The van der Waals surface area contributed by atoms with E-state index in [4.69, 9.17) is 0 Å². The van der Waals surface area contributed by atoms with E-state index in [0.29, 0.717) is 6.54 Å². The number of nitrogens with one attached hydrogen (secondary N) is 1. The zero-order valence-electron chi connectivity index (χ0n) is 12.7. The standard InChI is InChI=1S/C16H19FN2O3S/c17-12-2-4-13(5-3-12)23-11-1-9-18-14(20)8-10-19-15(21)6-7-16(19)22/h2-5H,1,6-11H2,(H,18,20). The molecule has 0 bridgehead atoms. The number of benzene rings is 1. The third-order valence-electron chi connectivity index (χ3n) is 3.44. The molecule has 1 aliphatic rings. The van der Waals surface area contributed by atoms with Crippen molar-refractivity contribution < 1.29 is 18.8 Å². The van der Waals surface area contributed by atoms with Crippen LogP contribution < -0.4 is 5.32 Å². The van der Waals surface area contributed by atoms with Crippen molar-refractivity contribution in [1.82, 2.24) is 10.2 Å². The number of halogens is 1. The maximum atomic E-state index is 12.7. The van der Waals surface area contributed by atoms with Gasteiger partial charge in [-0.25, -0.2) is 4.39 Å². The minimum Gasteiger partial charge on any atom is -0.356 e. The van der Waals surface area contributed by atoms with E-state index in [1.54, 1.807) is 23.9 Å². The van der Waals surface area contributed by atoms with Crippen LogP contribution in [-0.2, 0) is 14.4 Å². The number of likely N-dealkylation sites (tertiary alicyclic amines) is 1. The Bertz CT molecular complexity index is 561. The van der Waals surface area contributed by atoms with Gasteiger partial charge in [0.1, 0.15) is 5.82 Å². The minimum atomic E-state index is -0.253. The van der Waals surface area contributed by atoms with Gasteiger partial charge in [0.15, 0.2) is 0 Å². The molecule has 0 aliphatic carbocycles. The lowest BCUT2D eigenvalue weighted by Gasteiger charge is -2.13. The van der Waals surface area contributed by atoms with Gasteiger partial charge < -0.3 is 5.32 Å². The molecular formula is C16H19FN2O3S. The number of rotatable bonds is 8. The first kappa shape index (κ1) is 17.5. The quantitative estimate of drug-likeness (QED) is 0.447. The first-order valence-corrected chi connectivity index (χ1v) is 8.53. The van der Waals surface area contributed by atoms with Crippen molar-refractivity contribution in [2.75, 3.05) is 18.8 Å². The summed E-state index contributed by atoms with van der Waals surface area (Å²) in [7, 11) is 0. The van der Waals surface area contributed by atoms with Crippen LogP contribution in [0.15, 0.2) is 29.2 Å². The molecule has 1 aromatic carbocycles. The summed E-state index contributed by atoms with van der Waals surface area (Å²) in [5, 5.41) is 2.77. The third kappa shape index (κ3) is 5.67. The number of hydrogen-bond donors (Lipinski definition) is 1. The Labute approximate surface area is 138 Å². The smallest absolute Gasteiger partial charge is 0.229 e. The maximum absolute atomic E-state index is 12.7. The number of thioether (sulfide) groups is 1. The molecule has 124 valence electrons. The van der Waals surface area contributed by atoms with Crippen molar-refractivity contribution in [3.63, 3.8) is 0 Å². The fourth-order valence-electron chi connectivity index (χ4n) is 2.19. The zero-order valence-corrected chi connectivity index (χ0v) is 13.5. The topological polar surface area (TPSA) is 66.5 Å².